The number of likely N-dealkylation sites (tertiary alicyclic amines) is 1. The highest BCUT2D eigenvalue weighted by Gasteiger charge is 2.38. The summed E-state index contributed by atoms with van der Waals surface area (Å²) in [6, 6.07) is 19.4. The van der Waals surface area contributed by atoms with Crippen LogP contribution in [0.25, 0.3) is 11.3 Å². The van der Waals surface area contributed by atoms with Crippen LogP contribution in [0.15, 0.2) is 66.7 Å². The van der Waals surface area contributed by atoms with Gasteiger partial charge in [-0.2, -0.15) is 0 Å². The van der Waals surface area contributed by atoms with E-state index in [9.17, 15) is 19.8 Å². The molecule has 1 aromatic heterocycles. The van der Waals surface area contributed by atoms with E-state index >= 15 is 0 Å². The molecule has 2 amide bonds. The second-order valence-electron chi connectivity index (χ2n) is 9.05. The van der Waals surface area contributed by atoms with Crippen LogP contribution in [0.3, 0.4) is 0 Å². The van der Waals surface area contributed by atoms with Gasteiger partial charge in [-0.05, 0) is 49.1 Å². The summed E-state index contributed by atoms with van der Waals surface area (Å²) in [4.78, 5) is 31.6. The van der Waals surface area contributed by atoms with Gasteiger partial charge in [0.2, 0.25) is 5.88 Å². The van der Waals surface area contributed by atoms with Crippen molar-refractivity contribution in [1.82, 2.24) is 15.2 Å². The molecule has 2 heterocycles. The van der Waals surface area contributed by atoms with Crippen molar-refractivity contribution in [1.29, 1.82) is 0 Å². The number of ether oxygens (including phenoxy) is 1. The largest absolute Gasteiger partial charge is 0.481 e. The molecule has 4 rings (SSSR count). The zero-order chi connectivity index (χ0) is 26.5. The number of aliphatic hydroxyl groups is 2. The number of pyridine rings is 1. The fourth-order valence-electron chi connectivity index (χ4n) is 4.55. The Balaban J connectivity index is 1.38. The number of aliphatic hydroxyl groups excluding tert-OH is 2. The third kappa shape index (κ3) is 6.10. The van der Waals surface area contributed by atoms with E-state index in [4.69, 9.17) is 16.3 Å². The van der Waals surface area contributed by atoms with Crippen molar-refractivity contribution >= 4 is 23.4 Å². The smallest absolute Gasteiger partial charge is 0.255 e. The van der Waals surface area contributed by atoms with Crippen LogP contribution < -0.4 is 10.1 Å². The van der Waals surface area contributed by atoms with Gasteiger partial charge in [0.1, 0.15) is 0 Å². The summed E-state index contributed by atoms with van der Waals surface area (Å²) in [5.74, 6) is -1.00. The normalized spacial score (nSPS) is 17.6. The van der Waals surface area contributed by atoms with Crippen molar-refractivity contribution in [3.8, 4) is 17.1 Å². The maximum Gasteiger partial charge on any atom is 0.255 e. The molecule has 37 heavy (non-hydrogen) atoms. The molecule has 4 atom stereocenters. The highest BCUT2D eigenvalue weighted by Crippen LogP contribution is 2.33. The van der Waals surface area contributed by atoms with E-state index in [0.29, 0.717) is 23.9 Å². The number of methoxy groups -OCH3 is 1. The number of carbonyl (C=O) groups excluding carboxylic acids is 2. The van der Waals surface area contributed by atoms with Crippen molar-refractivity contribution < 1.29 is 24.5 Å². The quantitative estimate of drug-likeness (QED) is 0.415. The highest BCUT2D eigenvalue weighted by molar-refractivity contribution is 6.30. The summed E-state index contributed by atoms with van der Waals surface area (Å²) in [5.41, 5.74) is 3.26. The van der Waals surface area contributed by atoms with E-state index in [-0.39, 0.29) is 6.04 Å². The van der Waals surface area contributed by atoms with Gasteiger partial charge < -0.3 is 25.2 Å². The van der Waals surface area contributed by atoms with Crippen molar-refractivity contribution in [2.24, 2.45) is 0 Å². The van der Waals surface area contributed by atoms with Gasteiger partial charge in [-0.3, -0.25) is 9.59 Å². The van der Waals surface area contributed by atoms with Crippen LogP contribution in [0, 0.1) is 0 Å². The van der Waals surface area contributed by atoms with E-state index in [2.05, 4.69) is 10.3 Å². The van der Waals surface area contributed by atoms with E-state index in [0.717, 1.165) is 28.8 Å². The molecule has 2 aromatic carbocycles. The van der Waals surface area contributed by atoms with Crippen molar-refractivity contribution in [3.63, 3.8) is 0 Å². The summed E-state index contributed by atoms with van der Waals surface area (Å²) >= 11 is 6.10. The Morgan fingerprint density at radius 3 is 2.51 bits per heavy atom. The molecule has 1 saturated heterocycles. The summed E-state index contributed by atoms with van der Waals surface area (Å²) < 4.78 is 5.17. The van der Waals surface area contributed by atoms with E-state index < -0.39 is 30.1 Å². The van der Waals surface area contributed by atoms with E-state index in [1.807, 2.05) is 42.5 Å². The molecule has 3 aromatic rings. The minimum absolute atomic E-state index is 0.271. The molecule has 0 aliphatic carbocycles. The zero-order valence-corrected chi connectivity index (χ0v) is 21.4. The molecule has 1 fully saturated rings. The van der Waals surface area contributed by atoms with Crippen molar-refractivity contribution in [2.75, 3.05) is 13.7 Å². The number of hydrogen-bond acceptors (Lipinski definition) is 6. The van der Waals surface area contributed by atoms with Crippen LogP contribution in [0.5, 0.6) is 5.88 Å². The second kappa shape index (κ2) is 11.7. The van der Waals surface area contributed by atoms with Gasteiger partial charge in [0.05, 0.1) is 24.9 Å². The minimum atomic E-state index is -1.91. The Morgan fingerprint density at radius 2 is 1.81 bits per heavy atom. The predicted molar refractivity (Wildman–Crippen MR) is 140 cm³/mol. The summed E-state index contributed by atoms with van der Waals surface area (Å²) in [6.07, 6.45) is -2.33. The van der Waals surface area contributed by atoms with Crippen LogP contribution in [0.4, 0.5) is 0 Å². The van der Waals surface area contributed by atoms with Crippen LogP contribution in [-0.2, 0) is 9.59 Å². The van der Waals surface area contributed by atoms with Crippen LogP contribution in [0.2, 0.25) is 5.02 Å². The fourth-order valence-corrected chi connectivity index (χ4v) is 4.75. The molecule has 1 aliphatic rings. The maximum atomic E-state index is 13.0. The second-order valence-corrected chi connectivity index (χ2v) is 9.49. The maximum absolute atomic E-state index is 13.0. The molecule has 0 bridgehead atoms. The number of nitrogens with one attached hydrogen (secondary N) is 1. The Morgan fingerprint density at radius 1 is 1.08 bits per heavy atom. The van der Waals surface area contributed by atoms with Crippen LogP contribution >= 0.6 is 11.6 Å². The number of halogens is 1. The summed E-state index contributed by atoms with van der Waals surface area (Å²) in [6.45, 7) is 2.18. The van der Waals surface area contributed by atoms with Crippen molar-refractivity contribution in [2.45, 2.75) is 44.1 Å². The molecule has 8 nitrogen and oxygen atoms in total. The number of hydrogen-bond donors (Lipinski definition) is 3. The Kier molecular flexibility index (Phi) is 8.43. The number of amides is 2. The first-order valence-corrected chi connectivity index (χ1v) is 12.5. The lowest BCUT2D eigenvalue weighted by molar-refractivity contribution is -0.154. The molecule has 1 aliphatic heterocycles. The Labute approximate surface area is 220 Å². The summed E-state index contributed by atoms with van der Waals surface area (Å²) in [5, 5.41) is 24.3. The lowest BCUT2D eigenvalue weighted by Gasteiger charge is -2.29. The number of aromatic nitrogens is 1. The third-order valence-electron chi connectivity index (χ3n) is 6.59. The number of nitrogens with zero attached hydrogens (tertiary/aromatic N) is 2. The average Bonchev–Trinajstić information content (AvgIpc) is 3.42. The predicted octanol–water partition coefficient (Wildman–Crippen LogP) is 3.67. The molecule has 0 unspecified atom stereocenters. The molecular weight excluding hydrogens is 494 g/mol. The van der Waals surface area contributed by atoms with Crippen LogP contribution in [-0.4, -0.2) is 57.8 Å². The third-order valence-corrected chi connectivity index (χ3v) is 6.82. The molecule has 0 saturated carbocycles. The van der Waals surface area contributed by atoms with Gasteiger partial charge in [0, 0.05) is 23.2 Å². The SMILES string of the molecule is COc1cccc(-c2ccc([C@@H](C)NC(=O)[C@H](O)[C@@H](O)C(=O)N3CCC[C@@H]3c3cccc(Cl)c3)cc2)n1. The lowest BCUT2D eigenvalue weighted by atomic mass is 10.0. The molecular formula is C28H30ClN3O5. The van der Waals surface area contributed by atoms with Crippen molar-refractivity contribution in [3.05, 3.63) is 82.9 Å². The topological polar surface area (TPSA) is 112 Å². The van der Waals surface area contributed by atoms with E-state index in [1.165, 1.54) is 4.90 Å². The fraction of sp³-hybridized carbons (Fsp3) is 0.321. The average molecular weight is 524 g/mol. The monoisotopic (exact) mass is 523 g/mol. The molecule has 3 N–H and O–H groups in total. The standard InChI is InChI=1S/C28H30ClN3O5/c1-17(18-11-13-19(14-12-18)22-8-4-10-24(31-22)37-2)30-27(35)25(33)26(34)28(36)32-15-5-9-23(32)20-6-3-7-21(29)16-20/h3-4,6-8,10-14,16-17,23,25-26,33-34H,5,9,15H2,1-2H3,(H,30,35)/t17-,23-,25-,26-/m1/s1. The zero-order valence-electron chi connectivity index (χ0n) is 20.7. The molecule has 0 radical (unpaired) electrons. The molecule has 9 heteroatoms. The summed E-state index contributed by atoms with van der Waals surface area (Å²) in [7, 11) is 1.56. The first-order chi connectivity index (χ1) is 17.8. The van der Waals surface area contributed by atoms with Gasteiger partial charge in [-0.15, -0.1) is 0 Å². The molecule has 194 valence electrons. The Hall–Kier alpha value is -3.46. The van der Waals surface area contributed by atoms with E-state index in [1.54, 1.807) is 38.3 Å². The number of rotatable bonds is 8. The van der Waals surface area contributed by atoms with Gasteiger partial charge in [0.15, 0.2) is 12.2 Å². The first kappa shape index (κ1) is 26.6. The number of carbonyl (C=O) groups is 2. The highest BCUT2D eigenvalue weighted by atomic mass is 35.5. The number of benzene rings is 2. The lowest BCUT2D eigenvalue weighted by Crippen LogP contribution is -2.50. The van der Waals surface area contributed by atoms with Gasteiger partial charge in [-0.25, -0.2) is 4.98 Å². The first-order valence-electron chi connectivity index (χ1n) is 12.1. The van der Waals surface area contributed by atoms with Gasteiger partial charge in [-0.1, -0.05) is 54.1 Å². The van der Waals surface area contributed by atoms with Gasteiger partial charge in [0.25, 0.3) is 11.8 Å². The Bertz CT molecular complexity index is 1250. The molecule has 0 spiro atoms. The van der Waals surface area contributed by atoms with Crippen LogP contribution in [0.1, 0.15) is 43.0 Å². The van der Waals surface area contributed by atoms with Gasteiger partial charge >= 0.3 is 0 Å². The minimum Gasteiger partial charge on any atom is -0.481 e.